The first-order valence-corrected chi connectivity index (χ1v) is 7.26. The number of hydroxylamine groups is 2. The van der Waals surface area contributed by atoms with Crippen LogP contribution in [0.2, 0.25) is 0 Å². The maximum atomic E-state index is 11.0. The highest BCUT2D eigenvalue weighted by molar-refractivity contribution is 7.79. The molecule has 120 valence electrons. The van der Waals surface area contributed by atoms with Crippen molar-refractivity contribution >= 4 is 16.3 Å². The van der Waals surface area contributed by atoms with Crippen LogP contribution in [0.3, 0.4) is 0 Å². The summed E-state index contributed by atoms with van der Waals surface area (Å²) in [7, 11) is -4.67. The van der Waals surface area contributed by atoms with Crippen LogP contribution in [0.5, 0.6) is 0 Å². The summed E-state index contributed by atoms with van der Waals surface area (Å²) in [5, 5.41) is 13.2. The van der Waals surface area contributed by atoms with Crippen LogP contribution in [-0.4, -0.2) is 62.9 Å². The highest BCUT2D eigenvalue weighted by Crippen LogP contribution is 2.28. The van der Waals surface area contributed by atoms with E-state index in [1.807, 2.05) is 32.7 Å². The van der Waals surface area contributed by atoms with Crippen LogP contribution in [0.4, 0.5) is 0 Å². The van der Waals surface area contributed by atoms with Gasteiger partial charge in [-0.25, -0.2) is 5.01 Å². The molecular weight excluding hydrogens is 290 g/mol. The van der Waals surface area contributed by atoms with E-state index >= 15 is 0 Å². The quantitative estimate of drug-likeness (QED) is 0.496. The van der Waals surface area contributed by atoms with Gasteiger partial charge in [0.2, 0.25) is 5.91 Å². The maximum absolute atomic E-state index is 11.0. The van der Waals surface area contributed by atoms with Crippen molar-refractivity contribution < 1.29 is 27.5 Å². The van der Waals surface area contributed by atoms with Gasteiger partial charge in [-0.1, -0.05) is 0 Å². The predicted molar refractivity (Wildman–Crippen MR) is 71.4 cm³/mol. The lowest BCUT2D eigenvalue weighted by Gasteiger charge is -2.52. The van der Waals surface area contributed by atoms with Gasteiger partial charge in [0, 0.05) is 20.0 Å². The SMILES string of the molecule is CC(=O)NN1CC(C)(C)N(O)C(C)(C)C1.O=S(=O)(O)O. The van der Waals surface area contributed by atoms with E-state index in [0.29, 0.717) is 13.1 Å². The van der Waals surface area contributed by atoms with Gasteiger partial charge in [-0.15, -0.1) is 0 Å². The molecule has 0 bridgehead atoms. The average molecular weight is 313 g/mol. The Balaban J connectivity index is 0.000000621. The minimum Gasteiger partial charge on any atom is -0.313 e. The fraction of sp³-hybridized carbons (Fsp3) is 0.900. The highest BCUT2D eigenvalue weighted by Gasteiger charge is 2.44. The molecule has 9 nitrogen and oxygen atoms in total. The van der Waals surface area contributed by atoms with Crippen LogP contribution < -0.4 is 5.43 Å². The number of carbonyl (C=O) groups excluding carboxylic acids is 1. The van der Waals surface area contributed by atoms with Crippen LogP contribution in [-0.2, 0) is 15.2 Å². The Labute approximate surface area is 119 Å². The second kappa shape index (κ2) is 6.33. The van der Waals surface area contributed by atoms with Crippen LogP contribution in [0, 0.1) is 0 Å². The van der Waals surface area contributed by atoms with Gasteiger partial charge in [0.1, 0.15) is 0 Å². The van der Waals surface area contributed by atoms with Gasteiger partial charge in [-0.2, -0.15) is 13.5 Å². The number of hydrazine groups is 1. The third-order valence-corrected chi connectivity index (χ3v) is 2.62. The molecule has 1 saturated heterocycles. The molecule has 10 heteroatoms. The number of carbonyl (C=O) groups is 1. The van der Waals surface area contributed by atoms with Crippen LogP contribution >= 0.6 is 0 Å². The summed E-state index contributed by atoms with van der Waals surface area (Å²) in [5.41, 5.74) is 2.03. The first-order valence-electron chi connectivity index (χ1n) is 5.86. The molecule has 0 aromatic heterocycles. The summed E-state index contributed by atoms with van der Waals surface area (Å²) >= 11 is 0. The van der Waals surface area contributed by atoms with Crippen molar-refractivity contribution in [2.75, 3.05) is 13.1 Å². The molecule has 0 aliphatic carbocycles. The molecule has 1 aliphatic rings. The zero-order chi connectivity index (χ0) is 16.4. The molecule has 0 atom stereocenters. The first-order chi connectivity index (χ1) is 8.65. The van der Waals surface area contributed by atoms with Gasteiger partial charge < -0.3 is 5.21 Å². The van der Waals surface area contributed by atoms with E-state index in [4.69, 9.17) is 17.5 Å². The topological polar surface area (TPSA) is 130 Å². The number of nitrogens with one attached hydrogen (secondary N) is 1. The molecule has 1 fully saturated rings. The van der Waals surface area contributed by atoms with Crippen molar-refractivity contribution in [3.8, 4) is 0 Å². The van der Waals surface area contributed by atoms with Crippen molar-refractivity contribution in [3.63, 3.8) is 0 Å². The number of amides is 1. The lowest BCUT2D eigenvalue weighted by atomic mass is 9.91. The van der Waals surface area contributed by atoms with Gasteiger partial charge in [0.15, 0.2) is 0 Å². The van der Waals surface area contributed by atoms with Gasteiger partial charge in [-0.3, -0.25) is 19.3 Å². The van der Waals surface area contributed by atoms with Crippen molar-refractivity contribution in [2.24, 2.45) is 0 Å². The summed E-state index contributed by atoms with van der Waals surface area (Å²) in [6, 6.07) is 0. The van der Waals surface area contributed by atoms with Gasteiger partial charge in [-0.05, 0) is 27.7 Å². The molecule has 1 heterocycles. The summed E-state index contributed by atoms with van der Waals surface area (Å²) in [4.78, 5) is 11.0. The Kier molecular flexibility index (Phi) is 6.08. The van der Waals surface area contributed by atoms with E-state index in [1.165, 1.54) is 12.0 Å². The van der Waals surface area contributed by atoms with Crippen molar-refractivity contribution in [1.29, 1.82) is 0 Å². The minimum absolute atomic E-state index is 0.0759. The van der Waals surface area contributed by atoms with E-state index in [0.717, 1.165) is 0 Å². The van der Waals surface area contributed by atoms with Crippen LogP contribution in [0.25, 0.3) is 0 Å². The normalized spacial score (nSPS) is 22.6. The second-order valence-corrected chi connectivity index (χ2v) is 6.80. The smallest absolute Gasteiger partial charge is 0.313 e. The molecule has 20 heavy (non-hydrogen) atoms. The van der Waals surface area contributed by atoms with Crippen molar-refractivity contribution in [1.82, 2.24) is 15.5 Å². The molecule has 0 aromatic rings. The maximum Gasteiger partial charge on any atom is 0.394 e. The van der Waals surface area contributed by atoms with E-state index in [-0.39, 0.29) is 17.0 Å². The molecule has 1 amide bonds. The number of nitrogens with zero attached hydrogens (tertiary/aromatic N) is 2. The molecule has 0 radical (unpaired) electrons. The summed E-state index contributed by atoms with van der Waals surface area (Å²) in [6.07, 6.45) is 0. The Hall–Kier alpha value is -0.780. The minimum atomic E-state index is -4.67. The fourth-order valence-corrected chi connectivity index (χ4v) is 2.25. The molecule has 1 rings (SSSR count). The lowest BCUT2D eigenvalue weighted by Crippen LogP contribution is -2.69. The Bertz CT molecular complexity index is 422. The van der Waals surface area contributed by atoms with E-state index in [1.54, 1.807) is 0 Å². The highest BCUT2D eigenvalue weighted by atomic mass is 32.3. The van der Waals surface area contributed by atoms with Crippen LogP contribution in [0.15, 0.2) is 0 Å². The molecule has 1 aliphatic heterocycles. The standard InChI is InChI=1S/C10H21N3O2.H2O4S/c1-8(14)11-12-6-9(2,3)13(15)10(4,5)7-12;1-5(2,3)4/h15H,6-7H2,1-5H3,(H,11,14);(H2,1,2,3,4). The third kappa shape index (κ3) is 7.12. The molecule has 0 spiro atoms. The van der Waals surface area contributed by atoms with Gasteiger partial charge in [0.25, 0.3) is 0 Å². The van der Waals surface area contributed by atoms with E-state index < -0.39 is 10.4 Å². The van der Waals surface area contributed by atoms with E-state index in [9.17, 15) is 10.0 Å². The average Bonchev–Trinajstić information content (AvgIpc) is 2.08. The molecular formula is C10H23N3O6S. The predicted octanol–water partition coefficient (Wildman–Crippen LogP) is -0.0513. The Morgan fingerprint density at radius 2 is 1.40 bits per heavy atom. The monoisotopic (exact) mass is 313 g/mol. The summed E-state index contributed by atoms with van der Waals surface area (Å²) in [5.74, 6) is -0.0759. The largest absolute Gasteiger partial charge is 0.394 e. The molecule has 0 aromatic carbocycles. The van der Waals surface area contributed by atoms with E-state index in [2.05, 4.69) is 5.43 Å². The van der Waals surface area contributed by atoms with Crippen molar-refractivity contribution in [2.45, 2.75) is 45.7 Å². The van der Waals surface area contributed by atoms with Gasteiger partial charge >= 0.3 is 10.4 Å². The fourth-order valence-electron chi connectivity index (χ4n) is 2.25. The second-order valence-electron chi connectivity index (χ2n) is 5.91. The number of piperazine rings is 1. The Morgan fingerprint density at radius 3 is 1.65 bits per heavy atom. The number of hydrogen-bond donors (Lipinski definition) is 4. The summed E-state index contributed by atoms with van der Waals surface area (Å²) < 4.78 is 31.6. The Morgan fingerprint density at radius 1 is 1.10 bits per heavy atom. The van der Waals surface area contributed by atoms with Crippen LogP contribution in [0.1, 0.15) is 34.6 Å². The zero-order valence-corrected chi connectivity index (χ0v) is 13.1. The third-order valence-electron chi connectivity index (χ3n) is 2.62. The number of rotatable bonds is 1. The molecule has 4 N–H and O–H groups in total. The zero-order valence-electron chi connectivity index (χ0n) is 12.3. The number of hydrogen-bond acceptors (Lipinski definition) is 6. The first kappa shape index (κ1) is 19.2. The summed E-state index contributed by atoms with van der Waals surface area (Å²) in [6.45, 7) is 10.5. The van der Waals surface area contributed by atoms with Crippen molar-refractivity contribution in [3.05, 3.63) is 0 Å². The lowest BCUT2D eigenvalue weighted by molar-refractivity contribution is -0.258. The molecule has 0 unspecified atom stereocenters. The molecule has 0 saturated carbocycles. The van der Waals surface area contributed by atoms with Gasteiger partial charge in [0.05, 0.1) is 11.1 Å².